The van der Waals surface area contributed by atoms with Crippen LogP contribution in [0.25, 0.3) is 11.3 Å². The molecule has 9 nitrogen and oxygen atoms in total. The Kier molecular flexibility index (Phi) is 5.76. The van der Waals surface area contributed by atoms with Gasteiger partial charge in [0.25, 0.3) is 5.56 Å². The molecule has 3 aromatic rings. The Morgan fingerprint density at radius 2 is 2.14 bits per heavy atom. The van der Waals surface area contributed by atoms with Crippen LogP contribution in [0.15, 0.2) is 46.5 Å². The molecule has 3 rings (SSSR count). The summed E-state index contributed by atoms with van der Waals surface area (Å²) < 4.78 is 11.8. The number of nitrogens with zero attached hydrogens (tertiary/aromatic N) is 4. The third kappa shape index (κ3) is 3.89. The molecule has 0 amide bonds. The van der Waals surface area contributed by atoms with Crippen LogP contribution < -0.4 is 10.3 Å². The maximum absolute atomic E-state index is 12.2. The normalized spacial score (nSPS) is 10.3. The maximum atomic E-state index is 12.2. The highest BCUT2D eigenvalue weighted by Gasteiger charge is 2.17. The number of benzene rings is 1. The first-order valence-corrected chi connectivity index (χ1v) is 9.22. The minimum atomic E-state index is -0.546. The van der Waals surface area contributed by atoms with Crippen LogP contribution in [-0.2, 0) is 11.5 Å². The average Bonchev–Trinajstić information content (AvgIpc) is 3.20. The summed E-state index contributed by atoms with van der Waals surface area (Å²) in [5, 5.41) is 13.8. The Morgan fingerprint density at radius 1 is 1.36 bits per heavy atom. The van der Waals surface area contributed by atoms with Gasteiger partial charge in [0.2, 0.25) is 0 Å². The summed E-state index contributed by atoms with van der Waals surface area (Å²) in [5.41, 5.74) is 0.289. The van der Waals surface area contributed by atoms with Crippen molar-refractivity contribution >= 4 is 17.7 Å². The van der Waals surface area contributed by atoms with Crippen LogP contribution in [0.2, 0.25) is 0 Å². The van der Waals surface area contributed by atoms with E-state index in [0.717, 1.165) is 0 Å². The lowest BCUT2D eigenvalue weighted by Crippen LogP contribution is -2.15. The molecule has 28 heavy (non-hydrogen) atoms. The van der Waals surface area contributed by atoms with Crippen molar-refractivity contribution in [2.24, 2.45) is 0 Å². The molecular weight excluding hydrogens is 382 g/mol. The summed E-state index contributed by atoms with van der Waals surface area (Å²) in [7, 11) is 1.28. The number of carbonyl (C=O) groups excluding carboxylic acids is 1. The smallest absolute Gasteiger partial charge is 0.358 e. The Balaban J connectivity index is 1.94. The van der Waals surface area contributed by atoms with Crippen LogP contribution in [0.4, 0.5) is 0 Å². The number of thioether (sulfide) groups is 1. The van der Waals surface area contributed by atoms with E-state index in [4.69, 9.17) is 4.74 Å². The third-order valence-corrected chi connectivity index (χ3v) is 4.31. The number of aromatic nitrogens is 4. The van der Waals surface area contributed by atoms with Crippen molar-refractivity contribution in [2.75, 3.05) is 13.4 Å². The van der Waals surface area contributed by atoms with Gasteiger partial charge in [-0.15, -0.1) is 0 Å². The second-order valence-electron chi connectivity index (χ2n) is 5.41. The van der Waals surface area contributed by atoms with Gasteiger partial charge in [-0.2, -0.15) is 10.4 Å². The zero-order chi connectivity index (χ0) is 20.1. The quantitative estimate of drug-likeness (QED) is 0.381. The van der Waals surface area contributed by atoms with Crippen LogP contribution in [0.5, 0.6) is 5.75 Å². The SMILES string of the molecule is COC(=O)c1ccn(COc2ccccc2-c2nc(SC)[nH]c(=O)c2C#N)n1. The molecular formula is C18H15N5O4S. The Labute approximate surface area is 163 Å². The number of nitriles is 1. The van der Waals surface area contributed by atoms with E-state index in [-0.39, 0.29) is 23.7 Å². The van der Waals surface area contributed by atoms with Gasteiger partial charge in [-0.05, 0) is 24.5 Å². The minimum absolute atomic E-state index is 0.00840. The van der Waals surface area contributed by atoms with Gasteiger partial charge in [0.1, 0.15) is 23.1 Å². The number of esters is 1. The van der Waals surface area contributed by atoms with Gasteiger partial charge >= 0.3 is 5.97 Å². The average molecular weight is 397 g/mol. The number of H-pyrrole nitrogens is 1. The number of hydrogen-bond acceptors (Lipinski definition) is 8. The lowest BCUT2D eigenvalue weighted by molar-refractivity contribution is 0.0592. The molecule has 0 aliphatic rings. The van der Waals surface area contributed by atoms with E-state index < -0.39 is 11.5 Å². The van der Waals surface area contributed by atoms with Crippen molar-refractivity contribution in [2.45, 2.75) is 11.9 Å². The van der Waals surface area contributed by atoms with Crippen molar-refractivity contribution in [3.05, 3.63) is 58.1 Å². The van der Waals surface area contributed by atoms with Crippen molar-refractivity contribution < 1.29 is 14.3 Å². The van der Waals surface area contributed by atoms with Gasteiger partial charge in [-0.25, -0.2) is 14.5 Å². The van der Waals surface area contributed by atoms with Crippen LogP contribution in [0.3, 0.4) is 0 Å². The summed E-state index contributed by atoms with van der Waals surface area (Å²) in [4.78, 5) is 30.6. The fraction of sp³-hybridized carbons (Fsp3) is 0.167. The first-order chi connectivity index (χ1) is 13.6. The molecule has 1 N–H and O–H groups in total. The molecule has 0 fully saturated rings. The van der Waals surface area contributed by atoms with Gasteiger partial charge in [-0.3, -0.25) is 4.79 Å². The molecule has 0 saturated carbocycles. The molecule has 0 unspecified atom stereocenters. The van der Waals surface area contributed by atoms with Gasteiger partial charge in [0, 0.05) is 11.8 Å². The van der Waals surface area contributed by atoms with Crippen LogP contribution in [0.1, 0.15) is 16.1 Å². The summed E-state index contributed by atoms with van der Waals surface area (Å²) >= 11 is 1.26. The number of para-hydroxylation sites is 1. The number of rotatable bonds is 6. The first kappa shape index (κ1) is 19.2. The van der Waals surface area contributed by atoms with Crippen LogP contribution in [-0.4, -0.2) is 39.1 Å². The number of methoxy groups -OCH3 is 1. The number of nitrogens with one attached hydrogen (secondary N) is 1. The molecule has 0 atom stereocenters. The van der Waals surface area contributed by atoms with Gasteiger partial charge in [0.15, 0.2) is 17.6 Å². The topological polar surface area (TPSA) is 123 Å². The van der Waals surface area contributed by atoms with Crippen molar-refractivity contribution in [3.8, 4) is 23.1 Å². The van der Waals surface area contributed by atoms with E-state index in [1.54, 1.807) is 36.7 Å². The first-order valence-electron chi connectivity index (χ1n) is 7.99. The Bertz CT molecular complexity index is 1120. The fourth-order valence-electron chi connectivity index (χ4n) is 2.42. The maximum Gasteiger partial charge on any atom is 0.358 e. The molecule has 2 heterocycles. The number of hydrogen-bond donors (Lipinski definition) is 1. The highest BCUT2D eigenvalue weighted by atomic mass is 32.2. The molecule has 142 valence electrons. The van der Waals surface area contributed by atoms with Crippen LogP contribution >= 0.6 is 11.8 Å². The van der Waals surface area contributed by atoms with Crippen molar-refractivity contribution in [1.29, 1.82) is 5.26 Å². The second-order valence-corrected chi connectivity index (χ2v) is 6.21. The number of ether oxygens (including phenoxy) is 2. The van der Waals surface area contributed by atoms with E-state index >= 15 is 0 Å². The second kappa shape index (κ2) is 8.41. The Morgan fingerprint density at radius 3 is 2.86 bits per heavy atom. The summed E-state index contributed by atoms with van der Waals surface area (Å²) in [6, 6.07) is 10.3. The largest absolute Gasteiger partial charge is 0.471 e. The monoisotopic (exact) mass is 397 g/mol. The molecule has 1 aromatic carbocycles. The lowest BCUT2D eigenvalue weighted by Gasteiger charge is -2.12. The Hall–Kier alpha value is -3.58. The molecule has 0 spiro atoms. The van der Waals surface area contributed by atoms with E-state index in [2.05, 4.69) is 19.8 Å². The highest BCUT2D eigenvalue weighted by molar-refractivity contribution is 7.98. The van der Waals surface area contributed by atoms with Gasteiger partial charge in [-0.1, -0.05) is 23.9 Å². The minimum Gasteiger partial charge on any atom is -0.471 e. The van der Waals surface area contributed by atoms with E-state index in [0.29, 0.717) is 16.5 Å². The molecule has 0 saturated heterocycles. The zero-order valence-corrected chi connectivity index (χ0v) is 15.8. The fourth-order valence-corrected chi connectivity index (χ4v) is 2.80. The van der Waals surface area contributed by atoms with Gasteiger partial charge < -0.3 is 14.5 Å². The molecule has 0 aliphatic heterocycles. The summed E-state index contributed by atoms with van der Waals surface area (Å²) in [6.07, 6.45) is 3.35. The highest BCUT2D eigenvalue weighted by Crippen LogP contribution is 2.30. The molecule has 0 radical (unpaired) electrons. The summed E-state index contributed by atoms with van der Waals surface area (Å²) in [5.74, 6) is -0.130. The lowest BCUT2D eigenvalue weighted by atomic mass is 10.1. The number of aromatic amines is 1. The van der Waals surface area contributed by atoms with E-state index in [1.165, 1.54) is 29.6 Å². The predicted octanol–water partition coefficient (Wildman–Crippen LogP) is 2.05. The van der Waals surface area contributed by atoms with E-state index in [1.807, 2.05) is 6.07 Å². The zero-order valence-electron chi connectivity index (χ0n) is 15.0. The third-order valence-electron chi connectivity index (χ3n) is 3.73. The predicted molar refractivity (Wildman–Crippen MR) is 101 cm³/mol. The van der Waals surface area contributed by atoms with E-state index in [9.17, 15) is 14.9 Å². The molecule has 0 aliphatic carbocycles. The summed E-state index contributed by atoms with van der Waals surface area (Å²) in [6.45, 7) is 0.00840. The van der Waals surface area contributed by atoms with Crippen LogP contribution in [0, 0.1) is 11.3 Å². The molecule has 10 heteroatoms. The van der Waals surface area contributed by atoms with Crippen molar-refractivity contribution in [3.63, 3.8) is 0 Å². The standard InChI is InChI=1S/C18H15N5O4S/c1-26-17(25)13-7-8-23(22-13)10-27-14-6-4-3-5-11(14)15-12(9-19)16(24)21-18(20-15)28-2/h3-8H,10H2,1-2H3,(H,20,21,24). The van der Waals surface area contributed by atoms with Gasteiger partial charge in [0.05, 0.1) is 7.11 Å². The molecule has 0 bridgehead atoms. The van der Waals surface area contributed by atoms with Crippen molar-refractivity contribution in [1.82, 2.24) is 19.7 Å². The number of carbonyl (C=O) groups is 1. The molecule has 2 aromatic heterocycles.